The predicted molar refractivity (Wildman–Crippen MR) is 241 cm³/mol. The van der Waals surface area contributed by atoms with Gasteiger partial charge in [0.05, 0.1) is 0 Å². The van der Waals surface area contributed by atoms with Crippen LogP contribution in [0.25, 0.3) is 84.5 Å². The van der Waals surface area contributed by atoms with Crippen LogP contribution in [0.5, 0.6) is 0 Å². The topological polar surface area (TPSA) is 3.24 Å². The first-order valence-electron chi connectivity index (χ1n) is 18.7. The largest absolute Gasteiger partial charge is 0.310 e. The van der Waals surface area contributed by atoms with E-state index in [4.69, 9.17) is 0 Å². The van der Waals surface area contributed by atoms with Crippen molar-refractivity contribution >= 4 is 90.9 Å². The van der Waals surface area contributed by atoms with Gasteiger partial charge in [-0.2, -0.15) is 0 Å². The van der Waals surface area contributed by atoms with E-state index in [1.165, 1.54) is 84.5 Å². The molecule has 0 atom stereocenters. The second-order valence-corrected chi connectivity index (χ2v) is 16.3. The Hall–Kier alpha value is -6.52. The Bertz CT molecular complexity index is 3240. The van der Waals surface area contributed by atoms with Crippen LogP contribution in [0.3, 0.4) is 0 Å². The number of thiophene rings is 2. The van der Waals surface area contributed by atoms with E-state index in [1.54, 1.807) is 0 Å². The second-order valence-electron chi connectivity index (χ2n) is 14.1. The van der Waals surface area contributed by atoms with Crippen molar-refractivity contribution in [3.8, 4) is 33.4 Å². The van der Waals surface area contributed by atoms with Crippen LogP contribution < -0.4 is 4.90 Å². The molecule has 11 aromatic rings. The molecule has 0 aliphatic heterocycles. The van der Waals surface area contributed by atoms with Gasteiger partial charge < -0.3 is 4.90 Å². The summed E-state index contributed by atoms with van der Waals surface area (Å²) < 4.78 is 5.28. The molecule has 55 heavy (non-hydrogen) atoms. The molecule has 0 aliphatic rings. The van der Waals surface area contributed by atoms with E-state index in [2.05, 4.69) is 205 Å². The highest BCUT2D eigenvalue weighted by atomic mass is 32.1. The number of hydrogen-bond donors (Lipinski definition) is 0. The summed E-state index contributed by atoms with van der Waals surface area (Å²) in [5.41, 5.74) is 10.6. The molecular weight excluding hydrogens is 703 g/mol. The van der Waals surface area contributed by atoms with Crippen LogP contribution in [0.15, 0.2) is 200 Å². The minimum absolute atomic E-state index is 1.11. The zero-order valence-electron chi connectivity index (χ0n) is 29.8. The molecule has 0 N–H and O–H groups in total. The fraction of sp³-hybridized carbons (Fsp3) is 0. The number of anilines is 3. The van der Waals surface area contributed by atoms with Gasteiger partial charge in [0.25, 0.3) is 0 Å². The van der Waals surface area contributed by atoms with Crippen molar-refractivity contribution in [3.63, 3.8) is 0 Å². The van der Waals surface area contributed by atoms with E-state index in [0.717, 1.165) is 17.1 Å². The highest BCUT2D eigenvalue weighted by molar-refractivity contribution is 7.26. The summed E-state index contributed by atoms with van der Waals surface area (Å²) in [5.74, 6) is 0. The van der Waals surface area contributed by atoms with Crippen molar-refractivity contribution in [1.29, 1.82) is 0 Å². The average Bonchev–Trinajstić information content (AvgIpc) is 3.82. The predicted octanol–water partition coefficient (Wildman–Crippen LogP) is 16.0. The van der Waals surface area contributed by atoms with Crippen LogP contribution in [0, 0.1) is 0 Å². The normalized spacial score (nSPS) is 11.6. The number of hydrogen-bond acceptors (Lipinski definition) is 3. The van der Waals surface area contributed by atoms with Crippen LogP contribution in [-0.4, -0.2) is 0 Å². The van der Waals surface area contributed by atoms with E-state index < -0.39 is 0 Å². The minimum atomic E-state index is 1.11. The van der Waals surface area contributed by atoms with Crippen LogP contribution >= 0.6 is 22.7 Å². The lowest BCUT2D eigenvalue weighted by Crippen LogP contribution is -2.10. The number of benzene rings is 9. The van der Waals surface area contributed by atoms with Crippen molar-refractivity contribution in [2.75, 3.05) is 4.90 Å². The molecule has 11 rings (SSSR count). The Labute approximate surface area is 327 Å². The fourth-order valence-corrected chi connectivity index (χ4v) is 10.5. The van der Waals surface area contributed by atoms with Gasteiger partial charge in [-0.05, 0) is 111 Å². The van der Waals surface area contributed by atoms with Gasteiger partial charge in [0, 0.05) is 57.4 Å². The van der Waals surface area contributed by atoms with Crippen molar-refractivity contribution in [1.82, 2.24) is 0 Å². The summed E-state index contributed by atoms with van der Waals surface area (Å²) in [6.07, 6.45) is 0. The molecule has 0 fully saturated rings. The molecule has 0 saturated heterocycles. The van der Waals surface area contributed by atoms with Gasteiger partial charge in [-0.15, -0.1) is 22.7 Å². The van der Waals surface area contributed by atoms with E-state index in [-0.39, 0.29) is 0 Å². The minimum Gasteiger partial charge on any atom is -0.310 e. The third kappa shape index (κ3) is 5.60. The molecule has 2 aromatic heterocycles. The van der Waals surface area contributed by atoms with Gasteiger partial charge in [-0.25, -0.2) is 0 Å². The summed E-state index contributed by atoms with van der Waals surface area (Å²) in [7, 11) is 0. The molecule has 0 aliphatic carbocycles. The molecule has 3 heteroatoms. The van der Waals surface area contributed by atoms with E-state index >= 15 is 0 Å². The monoisotopic (exact) mass is 735 g/mol. The number of rotatable bonds is 6. The van der Waals surface area contributed by atoms with E-state index in [0.29, 0.717) is 0 Å². The maximum absolute atomic E-state index is 2.42. The van der Waals surface area contributed by atoms with Gasteiger partial charge in [0.15, 0.2) is 0 Å². The highest BCUT2D eigenvalue weighted by Crippen LogP contribution is 2.44. The molecule has 1 nitrogen and oxygen atoms in total. The van der Waals surface area contributed by atoms with Crippen molar-refractivity contribution in [2.45, 2.75) is 0 Å². The Balaban J connectivity index is 1.05. The molecule has 0 unspecified atom stereocenters. The van der Waals surface area contributed by atoms with Crippen LogP contribution in [0.1, 0.15) is 0 Å². The van der Waals surface area contributed by atoms with Crippen molar-refractivity contribution < 1.29 is 0 Å². The summed E-state index contributed by atoms with van der Waals surface area (Å²) in [6.45, 7) is 0. The average molecular weight is 736 g/mol. The first kappa shape index (κ1) is 32.0. The molecule has 258 valence electrons. The van der Waals surface area contributed by atoms with Gasteiger partial charge >= 0.3 is 0 Å². The van der Waals surface area contributed by atoms with E-state index in [9.17, 15) is 0 Å². The Morgan fingerprint density at radius 3 is 1.62 bits per heavy atom. The zero-order chi connectivity index (χ0) is 36.3. The van der Waals surface area contributed by atoms with Gasteiger partial charge in [0.2, 0.25) is 0 Å². The zero-order valence-corrected chi connectivity index (χ0v) is 31.4. The third-order valence-electron chi connectivity index (χ3n) is 10.8. The molecule has 2 heterocycles. The number of fused-ring (bicyclic) bond motifs is 7. The smallest absolute Gasteiger partial charge is 0.0468 e. The van der Waals surface area contributed by atoms with Crippen LogP contribution in [-0.2, 0) is 0 Å². The van der Waals surface area contributed by atoms with Gasteiger partial charge in [-0.1, -0.05) is 133 Å². The summed E-state index contributed by atoms with van der Waals surface area (Å²) in [5, 5.41) is 7.73. The molecule has 9 aromatic carbocycles. The third-order valence-corrected chi connectivity index (χ3v) is 13.2. The maximum Gasteiger partial charge on any atom is 0.0468 e. The van der Waals surface area contributed by atoms with Gasteiger partial charge in [-0.3, -0.25) is 0 Å². The standard InChI is InChI=1S/C52H33NS2/c1-2-12-35-29-39(26-25-34(35)11-1)38-15-9-18-42(32-38)53(43-27-28-51-48(33-43)46-20-4-5-23-49(46)54-51)41-17-8-14-37(31-41)36-13-7-16-40(30-36)44-21-10-22-47-45-19-3-6-24-50(45)55-52(44)47/h1-33H. The van der Waals surface area contributed by atoms with Crippen LogP contribution in [0.2, 0.25) is 0 Å². The molecule has 0 bridgehead atoms. The van der Waals surface area contributed by atoms with E-state index in [1.807, 2.05) is 22.7 Å². The lowest BCUT2D eigenvalue weighted by molar-refractivity contribution is 1.29. The summed E-state index contributed by atoms with van der Waals surface area (Å²) in [4.78, 5) is 2.42. The van der Waals surface area contributed by atoms with Crippen molar-refractivity contribution in [2.24, 2.45) is 0 Å². The first-order chi connectivity index (χ1) is 27.2. The summed E-state index contributed by atoms with van der Waals surface area (Å²) in [6, 6.07) is 73.5. The van der Waals surface area contributed by atoms with Crippen molar-refractivity contribution in [3.05, 3.63) is 200 Å². The highest BCUT2D eigenvalue weighted by Gasteiger charge is 2.17. The van der Waals surface area contributed by atoms with Gasteiger partial charge in [0.1, 0.15) is 0 Å². The molecular formula is C52H33NS2. The summed E-state index contributed by atoms with van der Waals surface area (Å²) >= 11 is 3.74. The maximum atomic E-state index is 2.42. The van der Waals surface area contributed by atoms with Crippen LogP contribution in [0.4, 0.5) is 17.1 Å². The molecule has 0 saturated carbocycles. The SMILES string of the molecule is c1cc(-c2cccc(N(c3cccc(-c4ccc5ccccc5c4)c3)c3ccc4sc5ccccc5c4c3)c2)cc(-c2cccc3c2sc2ccccc23)c1. The number of nitrogens with zero attached hydrogens (tertiary/aromatic N) is 1. The molecule has 0 amide bonds. The lowest BCUT2D eigenvalue weighted by atomic mass is 9.97. The molecule has 0 radical (unpaired) electrons. The Morgan fingerprint density at radius 2 is 0.836 bits per heavy atom. The quantitative estimate of drug-likeness (QED) is 0.164. The fourth-order valence-electron chi connectivity index (χ4n) is 8.16. The Kier molecular flexibility index (Phi) is 7.61. The lowest BCUT2D eigenvalue weighted by Gasteiger charge is -2.27. The Morgan fingerprint density at radius 1 is 0.291 bits per heavy atom. The first-order valence-corrected chi connectivity index (χ1v) is 20.3. The molecule has 0 spiro atoms. The second kappa shape index (κ2) is 13.1.